The molecule has 1 amide bonds. The van der Waals surface area contributed by atoms with E-state index in [0.717, 1.165) is 17.0 Å². The molecule has 5 nitrogen and oxygen atoms in total. The zero-order valence-corrected chi connectivity index (χ0v) is 14.6. The minimum atomic E-state index is -0.415. The van der Waals surface area contributed by atoms with Crippen molar-refractivity contribution in [1.82, 2.24) is 9.97 Å². The second kappa shape index (κ2) is 6.98. The molecule has 0 aliphatic carbocycles. The Balaban J connectivity index is 1.71. The highest BCUT2D eigenvalue weighted by Gasteiger charge is 2.21. The van der Waals surface area contributed by atoms with Gasteiger partial charge in [-0.2, -0.15) is 11.8 Å². The third-order valence-corrected chi connectivity index (χ3v) is 5.64. The Labute approximate surface area is 146 Å². The number of amides is 1. The number of H-pyrrole nitrogens is 1. The van der Waals surface area contributed by atoms with Gasteiger partial charge >= 0.3 is 0 Å². The SMILES string of the molecule is CC(Sc1nc2c(c(=O)[nH]1)CSC2)C(=O)Nc1ccccc1Cl. The van der Waals surface area contributed by atoms with Gasteiger partial charge < -0.3 is 10.3 Å². The molecule has 0 radical (unpaired) electrons. The predicted octanol–water partition coefficient (Wildman–Crippen LogP) is 3.29. The number of rotatable bonds is 4. The van der Waals surface area contributed by atoms with Gasteiger partial charge in [-0.1, -0.05) is 35.5 Å². The number of halogens is 1. The standard InChI is InChI=1S/C15H14ClN3O2S2/c1-8(13(20)17-11-5-3-2-4-10(11)16)23-15-18-12-7-22-6-9(12)14(21)19-15/h2-5,8H,6-7H2,1H3,(H,17,20)(H,18,19,21). The molecule has 1 aromatic heterocycles. The van der Waals surface area contributed by atoms with E-state index in [0.29, 0.717) is 21.6 Å². The largest absolute Gasteiger partial charge is 0.324 e. The van der Waals surface area contributed by atoms with Crippen molar-refractivity contribution in [3.05, 3.63) is 50.9 Å². The minimum absolute atomic E-state index is 0.110. The molecule has 0 spiro atoms. The van der Waals surface area contributed by atoms with Crippen LogP contribution >= 0.6 is 35.1 Å². The molecule has 1 aliphatic heterocycles. The quantitative estimate of drug-likeness (QED) is 0.640. The van der Waals surface area contributed by atoms with E-state index in [1.54, 1.807) is 43.0 Å². The summed E-state index contributed by atoms with van der Waals surface area (Å²) >= 11 is 8.93. The van der Waals surface area contributed by atoms with E-state index < -0.39 is 5.25 Å². The fraction of sp³-hybridized carbons (Fsp3) is 0.267. The molecule has 3 rings (SSSR count). The maximum Gasteiger partial charge on any atom is 0.255 e. The second-order valence-electron chi connectivity index (χ2n) is 5.02. The Hall–Kier alpha value is -1.44. The maximum atomic E-state index is 12.3. The average Bonchev–Trinajstić information content (AvgIpc) is 2.98. The molecule has 2 aromatic rings. The van der Waals surface area contributed by atoms with Crippen molar-refractivity contribution in [2.24, 2.45) is 0 Å². The first-order chi connectivity index (χ1) is 11.0. The zero-order chi connectivity index (χ0) is 16.4. The highest BCUT2D eigenvalue weighted by atomic mass is 35.5. The summed E-state index contributed by atoms with van der Waals surface area (Å²) < 4.78 is 0. The first-order valence-corrected chi connectivity index (χ1v) is 9.37. The molecule has 0 bridgehead atoms. The number of nitrogens with one attached hydrogen (secondary N) is 2. The van der Waals surface area contributed by atoms with Crippen LogP contribution < -0.4 is 10.9 Å². The minimum Gasteiger partial charge on any atom is -0.324 e. The van der Waals surface area contributed by atoms with Crippen LogP contribution in [0.5, 0.6) is 0 Å². The molecular weight excluding hydrogens is 354 g/mol. The van der Waals surface area contributed by atoms with Crippen molar-refractivity contribution >= 4 is 46.7 Å². The zero-order valence-electron chi connectivity index (χ0n) is 12.3. The van der Waals surface area contributed by atoms with Crippen LogP contribution in [0.1, 0.15) is 18.2 Å². The number of nitrogens with zero attached hydrogens (tertiary/aromatic N) is 1. The predicted molar refractivity (Wildman–Crippen MR) is 95.3 cm³/mol. The highest BCUT2D eigenvalue weighted by Crippen LogP contribution is 2.28. The Morgan fingerprint density at radius 1 is 1.43 bits per heavy atom. The van der Waals surface area contributed by atoms with Crippen molar-refractivity contribution < 1.29 is 4.79 Å². The number of aromatic nitrogens is 2. The summed E-state index contributed by atoms with van der Waals surface area (Å²) in [4.78, 5) is 31.4. The molecule has 0 saturated heterocycles. The number of benzene rings is 1. The van der Waals surface area contributed by atoms with E-state index >= 15 is 0 Å². The van der Waals surface area contributed by atoms with Crippen LogP contribution in [0.3, 0.4) is 0 Å². The van der Waals surface area contributed by atoms with Gasteiger partial charge in [-0.05, 0) is 19.1 Å². The van der Waals surface area contributed by atoms with E-state index in [-0.39, 0.29) is 11.5 Å². The number of para-hydroxylation sites is 1. The van der Waals surface area contributed by atoms with Gasteiger partial charge in [0, 0.05) is 17.1 Å². The number of thioether (sulfide) groups is 2. The lowest BCUT2D eigenvalue weighted by Gasteiger charge is -2.12. The fourth-order valence-electron chi connectivity index (χ4n) is 2.11. The molecule has 2 N–H and O–H groups in total. The number of fused-ring (bicyclic) bond motifs is 1. The van der Waals surface area contributed by atoms with Crippen LogP contribution in [0.25, 0.3) is 0 Å². The molecule has 1 aliphatic rings. The summed E-state index contributed by atoms with van der Waals surface area (Å²) in [5.41, 5.74) is 2.02. The first-order valence-electron chi connectivity index (χ1n) is 6.96. The van der Waals surface area contributed by atoms with Crippen molar-refractivity contribution in [3.63, 3.8) is 0 Å². The number of hydrogen-bond acceptors (Lipinski definition) is 5. The van der Waals surface area contributed by atoms with Crippen molar-refractivity contribution in [3.8, 4) is 0 Å². The molecule has 120 valence electrons. The summed E-state index contributed by atoms with van der Waals surface area (Å²) in [6, 6.07) is 7.06. The van der Waals surface area contributed by atoms with Gasteiger partial charge in [-0.15, -0.1) is 0 Å². The Kier molecular flexibility index (Phi) is 4.99. The van der Waals surface area contributed by atoms with Crippen LogP contribution in [-0.2, 0) is 16.3 Å². The number of anilines is 1. The lowest BCUT2D eigenvalue weighted by Crippen LogP contribution is -2.24. The van der Waals surface area contributed by atoms with Gasteiger partial charge in [-0.3, -0.25) is 9.59 Å². The normalized spacial score (nSPS) is 14.3. The van der Waals surface area contributed by atoms with Gasteiger partial charge in [0.05, 0.1) is 21.7 Å². The summed E-state index contributed by atoms with van der Waals surface area (Å²) in [5, 5.41) is 3.32. The Morgan fingerprint density at radius 2 is 2.22 bits per heavy atom. The van der Waals surface area contributed by atoms with E-state index in [1.165, 1.54) is 11.8 Å². The highest BCUT2D eigenvalue weighted by molar-refractivity contribution is 8.00. The number of hydrogen-bond donors (Lipinski definition) is 2. The van der Waals surface area contributed by atoms with Crippen LogP contribution in [-0.4, -0.2) is 21.1 Å². The van der Waals surface area contributed by atoms with Crippen molar-refractivity contribution in [2.45, 2.75) is 28.8 Å². The van der Waals surface area contributed by atoms with Crippen LogP contribution in [0.4, 0.5) is 5.69 Å². The second-order valence-corrected chi connectivity index (χ2v) is 7.74. The number of carbonyl (C=O) groups excluding carboxylic acids is 1. The molecule has 8 heteroatoms. The first kappa shape index (κ1) is 16.4. The molecule has 0 fully saturated rings. The number of aromatic amines is 1. The van der Waals surface area contributed by atoms with Gasteiger partial charge in [0.1, 0.15) is 0 Å². The van der Waals surface area contributed by atoms with Crippen LogP contribution in [0, 0.1) is 0 Å². The van der Waals surface area contributed by atoms with Crippen molar-refractivity contribution in [1.29, 1.82) is 0 Å². The topological polar surface area (TPSA) is 74.8 Å². The maximum absolute atomic E-state index is 12.3. The molecular formula is C15H14ClN3O2S2. The third kappa shape index (κ3) is 3.73. The molecule has 1 atom stereocenters. The summed E-state index contributed by atoms with van der Waals surface area (Å²) in [5.74, 6) is 1.25. The fourth-order valence-corrected chi connectivity index (χ4v) is 4.15. The van der Waals surface area contributed by atoms with Crippen LogP contribution in [0.2, 0.25) is 5.02 Å². The molecule has 2 heterocycles. The molecule has 0 saturated carbocycles. The van der Waals surface area contributed by atoms with E-state index in [4.69, 9.17) is 11.6 Å². The van der Waals surface area contributed by atoms with E-state index in [2.05, 4.69) is 15.3 Å². The van der Waals surface area contributed by atoms with E-state index in [9.17, 15) is 9.59 Å². The molecule has 1 aromatic carbocycles. The van der Waals surface area contributed by atoms with Gasteiger partial charge in [0.2, 0.25) is 5.91 Å². The van der Waals surface area contributed by atoms with E-state index in [1.807, 2.05) is 0 Å². The number of carbonyl (C=O) groups is 1. The summed E-state index contributed by atoms with van der Waals surface area (Å²) in [6.07, 6.45) is 0. The average molecular weight is 368 g/mol. The Morgan fingerprint density at radius 3 is 3.00 bits per heavy atom. The summed E-state index contributed by atoms with van der Waals surface area (Å²) in [6.45, 7) is 1.76. The lowest BCUT2D eigenvalue weighted by atomic mass is 10.3. The molecule has 23 heavy (non-hydrogen) atoms. The third-order valence-electron chi connectivity index (χ3n) is 3.35. The van der Waals surface area contributed by atoms with Gasteiger partial charge in [0.25, 0.3) is 5.56 Å². The van der Waals surface area contributed by atoms with Gasteiger partial charge in [0.15, 0.2) is 5.16 Å². The lowest BCUT2D eigenvalue weighted by molar-refractivity contribution is -0.115. The van der Waals surface area contributed by atoms with Crippen LogP contribution in [0.15, 0.2) is 34.2 Å². The smallest absolute Gasteiger partial charge is 0.255 e. The summed E-state index contributed by atoms with van der Waals surface area (Å²) in [7, 11) is 0. The monoisotopic (exact) mass is 367 g/mol. The van der Waals surface area contributed by atoms with Crippen molar-refractivity contribution in [2.75, 3.05) is 5.32 Å². The van der Waals surface area contributed by atoms with Gasteiger partial charge in [-0.25, -0.2) is 4.98 Å². The molecule has 1 unspecified atom stereocenters. The Bertz CT molecular complexity index is 810.